The summed E-state index contributed by atoms with van der Waals surface area (Å²) >= 11 is 5.83. The molecule has 20 heavy (non-hydrogen) atoms. The van der Waals surface area contributed by atoms with Gasteiger partial charge in [0.25, 0.3) is 0 Å². The van der Waals surface area contributed by atoms with E-state index in [4.69, 9.17) is 16.9 Å². The van der Waals surface area contributed by atoms with Crippen molar-refractivity contribution in [3.8, 4) is 6.07 Å². The first-order chi connectivity index (χ1) is 9.70. The Kier molecular flexibility index (Phi) is 5.63. The van der Waals surface area contributed by atoms with E-state index >= 15 is 0 Å². The van der Waals surface area contributed by atoms with Crippen molar-refractivity contribution >= 4 is 17.4 Å². The fourth-order valence-electron chi connectivity index (χ4n) is 2.72. The minimum absolute atomic E-state index is 0.123. The van der Waals surface area contributed by atoms with E-state index in [1.165, 1.54) is 6.42 Å². The summed E-state index contributed by atoms with van der Waals surface area (Å²) in [5.74, 6) is 1.12. The molecule has 0 radical (unpaired) electrons. The second-order valence-electron chi connectivity index (χ2n) is 5.32. The Morgan fingerprint density at radius 3 is 2.95 bits per heavy atom. The predicted molar refractivity (Wildman–Crippen MR) is 79.7 cm³/mol. The Bertz CT molecular complexity index is 486. The van der Waals surface area contributed by atoms with Crippen LogP contribution in [0.5, 0.6) is 0 Å². The maximum absolute atomic E-state index is 9.90. The lowest BCUT2D eigenvalue weighted by Gasteiger charge is -2.27. The molecule has 0 saturated heterocycles. The molecule has 1 saturated carbocycles. The molecule has 2 rings (SSSR count). The van der Waals surface area contributed by atoms with Crippen LogP contribution in [0.2, 0.25) is 5.02 Å². The van der Waals surface area contributed by atoms with Crippen molar-refractivity contribution in [1.82, 2.24) is 4.98 Å². The summed E-state index contributed by atoms with van der Waals surface area (Å²) in [6.45, 7) is 0.794. The number of nitrogens with zero attached hydrogens (tertiary/aromatic N) is 2. The lowest BCUT2D eigenvalue weighted by Crippen LogP contribution is -2.24. The molecule has 0 aliphatic heterocycles. The highest BCUT2D eigenvalue weighted by molar-refractivity contribution is 6.31. The van der Waals surface area contributed by atoms with Gasteiger partial charge >= 0.3 is 0 Å². The number of aromatic nitrogens is 1. The van der Waals surface area contributed by atoms with Crippen LogP contribution in [0, 0.1) is 17.2 Å². The highest BCUT2D eigenvalue weighted by Crippen LogP contribution is 2.27. The van der Waals surface area contributed by atoms with E-state index < -0.39 is 0 Å². The number of anilines is 1. The highest BCUT2D eigenvalue weighted by atomic mass is 35.5. The third-order valence-electron chi connectivity index (χ3n) is 3.88. The van der Waals surface area contributed by atoms with E-state index in [1.54, 1.807) is 12.1 Å². The van der Waals surface area contributed by atoms with Crippen molar-refractivity contribution in [2.24, 2.45) is 5.92 Å². The molecule has 2 N–H and O–H groups in total. The third kappa shape index (κ3) is 4.09. The minimum Gasteiger partial charge on any atom is -0.393 e. The smallest absolute Gasteiger partial charge is 0.161 e. The van der Waals surface area contributed by atoms with Gasteiger partial charge in [0, 0.05) is 6.54 Å². The molecule has 2 atom stereocenters. The maximum Gasteiger partial charge on any atom is 0.161 e. The number of pyridine rings is 1. The average molecular weight is 294 g/mol. The first kappa shape index (κ1) is 15.1. The Morgan fingerprint density at radius 2 is 2.20 bits per heavy atom. The van der Waals surface area contributed by atoms with E-state index in [2.05, 4.69) is 10.3 Å². The van der Waals surface area contributed by atoms with E-state index in [1.807, 2.05) is 6.07 Å². The molecule has 1 fully saturated rings. The van der Waals surface area contributed by atoms with Crippen LogP contribution < -0.4 is 5.32 Å². The molecular formula is C15H20ClN3O. The van der Waals surface area contributed by atoms with Gasteiger partial charge in [0.1, 0.15) is 11.9 Å². The second-order valence-corrected chi connectivity index (χ2v) is 5.73. The van der Waals surface area contributed by atoms with Crippen LogP contribution in [0.25, 0.3) is 0 Å². The zero-order valence-corrected chi connectivity index (χ0v) is 12.2. The van der Waals surface area contributed by atoms with Crippen molar-refractivity contribution in [3.63, 3.8) is 0 Å². The number of hydrogen-bond donors (Lipinski definition) is 2. The van der Waals surface area contributed by atoms with Crippen LogP contribution in [-0.4, -0.2) is 22.7 Å². The van der Waals surface area contributed by atoms with Crippen molar-refractivity contribution in [3.05, 3.63) is 22.8 Å². The predicted octanol–water partition coefficient (Wildman–Crippen LogP) is 3.35. The van der Waals surface area contributed by atoms with E-state index in [9.17, 15) is 5.11 Å². The molecule has 1 heterocycles. The Hall–Kier alpha value is -1.31. The van der Waals surface area contributed by atoms with Crippen LogP contribution in [0.3, 0.4) is 0 Å². The number of hydrogen-bond acceptors (Lipinski definition) is 4. The molecule has 0 aromatic carbocycles. The number of aliphatic hydroxyl groups excluding tert-OH is 1. The van der Waals surface area contributed by atoms with Crippen LogP contribution in [0.15, 0.2) is 12.1 Å². The SMILES string of the molecule is N#Cc1nc(NCCCC2CCCCC2O)ccc1Cl. The van der Waals surface area contributed by atoms with Crippen molar-refractivity contribution in [2.45, 2.75) is 44.6 Å². The van der Waals surface area contributed by atoms with E-state index in [-0.39, 0.29) is 11.8 Å². The van der Waals surface area contributed by atoms with Crippen molar-refractivity contribution in [1.29, 1.82) is 5.26 Å². The van der Waals surface area contributed by atoms with Gasteiger partial charge in [-0.05, 0) is 43.7 Å². The first-order valence-corrected chi connectivity index (χ1v) is 7.57. The standard InChI is InChI=1S/C15H20ClN3O/c16-12-7-8-15(19-13(12)10-17)18-9-3-5-11-4-1-2-6-14(11)20/h7-8,11,14,20H,1-6,9H2,(H,18,19). The Balaban J connectivity index is 1.74. The Labute approximate surface area is 124 Å². The van der Waals surface area contributed by atoms with Crippen LogP contribution in [0.1, 0.15) is 44.2 Å². The molecule has 0 amide bonds. The molecule has 4 nitrogen and oxygen atoms in total. The summed E-state index contributed by atoms with van der Waals surface area (Å²) in [6, 6.07) is 5.42. The number of rotatable bonds is 5. The summed E-state index contributed by atoms with van der Waals surface area (Å²) in [6.07, 6.45) is 6.38. The van der Waals surface area contributed by atoms with E-state index in [0.29, 0.717) is 16.8 Å². The molecule has 1 aromatic heterocycles. The quantitative estimate of drug-likeness (QED) is 0.817. The lowest BCUT2D eigenvalue weighted by molar-refractivity contribution is 0.0648. The summed E-state index contributed by atoms with van der Waals surface area (Å²) in [4.78, 5) is 4.14. The average Bonchev–Trinajstić information content (AvgIpc) is 2.47. The molecule has 1 aromatic rings. The number of aliphatic hydroxyl groups is 1. The van der Waals surface area contributed by atoms with Gasteiger partial charge < -0.3 is 10.4 Å². The fraction of sp³-hybridized carbons (Fsp3) is 0.600. The van der Waals surface area contributed by atoms with Gasteiger partial charge in [-0.2, -0.15) is 5.26 Å². The lowest BCUT2D eigenvalue weighted by atomic mass is 9.83. The van der Waals surface area contributed by atoms with Gasteiger partial charge in [0.15, 0.2) is 5.69 Å². The van der Waals surface area contributed by atoms with Gasteiger partial charge in [-0.3, -0.25) is 0 Å². The summed E-state index contributed by atoms with van der Waals surface area (Å²) in [5.41, 5.74) is 0.249. The monoisotopic (exact) mass is 293 g/mol. The molecule has 108 valence electrons. The van der Waals surface area contributed by atoms with Crippen molar-refractivity contribution < 1.29 is 5.11 Å². The zero-order valence-electron chi connectivity index (χ0n) is 11.5. The highest BCUT2D eigenvalue weighted by Gasteiger charge is 2.22. The van der Waals surface area contributed by atoms with Crippen LogP contribution >= 0.6 is 11.6 Å². The van der Waals surface area contributed by atoms with Gasteiger partial charge in [0.2, 0.25) is 0 Å². The van der Waals surface area contributed by atoms with E-state index in [0.717, 1.165) is 38.6 Å². The molecular weight excluding hydrogens is 274 g/mol. The fourth-order valence-corrected chi connectivity index (χ4v) is 2.87. The molecule has 5 heteroatoms. The Morgan fingerprint density at radius 1 is 1.40 bits per heavy atom. The number of nitriles is 1. The molecule has 0 spiro atoms. The maximum atomic E-state index is 9.90. The summed E-state index contributed by atoms with van der Waals surface area (Å²) < 4.78 is 0. The second kappa shape index (κ2) is 7.47. The van der Waals surface area contributed by atoms with Gasteiger partial charge in [-0.25, -0.2) is 4.98 Å². The molecule has 2 unspecified atom stereocenters. The zero-order chi connectivity index (χ0) is 14.4. The molecule has 0 bridgehead atoms. The first-order valence-electron chi connectivity index (χ1n) is 7.19. The number of halogens is 1. The van der Waals surface area contributed by atoms with Crippen molar-refractivity contribution in [2.75, 3.05) is 11.9 Å². The normalized spacial score (nSPS) is 22.2. The van der Waals surface area contributed by atoms with Gasteiger partial charge in [0.05, 0.1) is 11.1 Å². The van der Waals surface area contributed by atoms with Crippen LogP contribution in [0.4, 0.5) is 5.82 Å². The summed E-state index contributed by atoms with van der Waals surface area (Å²) in [5, 5.41) is 22.3. The largest absolute Gasteiger partial charge is 0.393 e. The topological polar surface area (TPSA) is 68.9 Å². The van der Waals surface area contributed by atoms with Crippen LogP contribution in [-0.2, 0) is 0 Å². The molecule has 1 aliphatic carbocycles. The summed E-state index contributed by atoms with van der Waals surface area (Å²) in [7, 11) is 0. The third-order valence-corrected chi connectivity index (χ3v) is 4.18. The minimum atomic E-state index is -0.123. The molecule has 1 aliphatic rings. The van der Waals surface area contributed by atoms with Gasteiger partial charge in [-0.15, -0.1) is 0 Å². The number of nitrogens with one attached hydrogen (secondary N) is 1. The van der Waals surface area contributed by atoms with Gasteiger partial charge in [-0.1, -0.05) is 24.4 Å².